The third kappa shape index (κ3) is 4.37. The molecule has 1 aromatic carbocycles. The zero-order valence-corrected chi connectivity index (χ0v) is 14.6. The molecule has 0 aromatic heterocycles. The highest BCUT2D eigenvalue weighted by molar-refractivity contribution is 6.31. The summed E-state index contributed by atoms with van der Waals surface area (Å²) >= 11 is 6.40. The van der Waals surface area contributed by atoms with E-state index < -0.39 is 0 Å². The summed E-state index contributed by atoms with van der Waals surface area (Å²) in [6, 6.07) is 6.50. The van der Waals surface area contributed by atoms with Crippen molar-refractivity contribution in [1.29, 1.82) is 0 Å². The van der Waals surface area contributed by atoms with Crippen molar-refractivity contribution in [2.75, 3.05) is 25.0 Å². The number of hydrogen-bond donors (Lipinski definition) is 1. The number of halogens is 1. The van der Waals surface area contributed by atoms with E-state index in [2.05, 4.69) is 49.2 Å². The van der Waals surface area contributed by atoms with Gasteiger partial charge in [0.25, 0.3) is 0 Å². The molecule has 1 aliphatic heterocycles. The first-order chi connectivity index (χ1) is 9.91. The van der Waals surface area contributed by atoms with Crippen LogP contribution in [0, 0.1) is 11.3 Å². The van der Waals surface area contributed by atoms with E-state index in [-0.39, 0.29) is 0 Å². The van der Waals surface area contributed by atoms with Gasteiger partial charge < -0.3 is 10.2 Å². The molecule has 1 N–H and O–H groups in total. The molecule has 1 unspecified atom stereocenters. The Morgan fingerprint density at radius 3 is 2.62 bits per heavy atom. The first-order valence-electron chi connectivity index (χ1n) is 8.10. The summed E-state index contributed by atoms with van der Waals surface area (Å²) in [5, 5.41) is 4.03. The molecule has 0 spiro atoms. The summed E-state index contributed by atoms with van der Waals surface area (Å²) in [5.74, 6) is 0.821. The number of rotatable bonds is 3. The zero-order chi connectivity index (χ0) is 15.5. The summed E-state index contributed by atoms with van der Waals surface area (Å²) in [6.45, 7) is 10.2. The molecule has 1 atom stereocenters. The lowest BCUT2D eigenvalue weighted by molar-refractivity contribution is 0.220. The molecule has 0 bridgehead atoms. The van der Waals surface area contributed by atoms with E-state index in [4.69, 9.17) is 11.6 Å². The first kappa shape index (κ1) is 16.6. The first-order valence-corrected chi connectivity index (χ1v) is 8.47. The number of benzene rings is 1. The molecular formula is C18H29ClN2. The molecule has 0 saturated carbocycles. The Kier molecular flexibility index (Phi) is 5.56. The summed E-state index contributed by atoms with van der Waals surface area (Å²) in [5.41, 5.74) is 2.87. The van der Waals surface area contributed by atoms with Crippen LogP contribution >= 0.6 is 11.6 Å². The second-order valence-corrected chi connectivity index (χ2v) is 7.69. The number of hydrogen-bond acceptors (Lipinski definition) is 2. The number of nitrogens with zero attached hydrogens (tertiary/aromatic N) is 1. The van der Waals surface area contributed by atoms with E-state index in [0.717, 1.165) is 30.6 Å². The standard InChI is InChI=1S/C18H29ClN2/c1-18(2,3)15-6-5-10-21(11-9-15)16-8-7-14(13-20-4)17(19)12-16/h7-8,12,15,20H,5-6,9-11,13H2,1-4H3. The second kappa shape index (κ2) is 7.02. The number of nitrogens with one attached hydrogen (secondary N) is 1. The Balaban J connectivity index is 2.07. The van der Waals surface area contributed by atoms with Gasteiger partial charge in [0.2, 0.25) is 0 Å². The van der Waals surface area contributed by atoms with Gasteiger partial charge in [-0.2, -0.15) is 0 Å². The van der Waals surface area contributed by atoms with Crippen molar-refractivity contribution >= 4 is 17.3 Å². The van der Waals surface area contributed by atoms with Crippen LogP contribution in [0.25, 0.3) is 0 Å². The van der Waals surface area contributed by atoms with Crippen molar-refractivity contribution in [3.63, 3.8) is 0 Å². The SMILES string of the molecule is CNCc1ccc(N2CCCC(C(C)(C)C)CC2)cc1Cl. The van der Waals surface area contributed by atoms with Crippen LogP contribution in [-0.4, -0.2) is 20.1 Å². The van der Waals surface area contributed by atoms with Gasteiger partial charge in [0, 0.05) is 30.3 Å². The molecule has 1 fully saturated rings. The van der Waals surface area contributed by atoms with Gasteiger partial charge >= 0.3 is 0 Å². The number of anilines is 1. The van der Waals surface area contributed by atoms with Crippen LogP contribution in [0.15, 0.2) is 18.2 Å². The molecule has 21 heavy (non-hydrogen) atoms. The van der Waals surface area contributed by atoms with Crippen molar-refractivity contribution in [3.8, 4) is 0 Å². The van der Waals surface area contributed by atoms with Gasteiger partial charge in [-0.1, -0.05) is 38.4 Å². The summed E-state index contributed by atoms with van der Waals surface area (Å²) in [4.78, 5) is 2.50. The largest absolute Gasteiger partial charge is 0.371 e. The Morgan fingerprint density at radius 1 is 1.24 bits per heavy atom. The van der Waals surface area contributed by atoms with Crippen LogP contribution in [0.2, 0.25) is 5.02 Å². The minimum Gasteiger partial charge on any atom is -0.371 e. The van der Waals surface area contributed by atoms with Crippen LogP contribution in [0.3, 0.4) is 0 Å². The average molecular weight is 309 g/mol. The van der Waals surface area contributed by atoms with Crippen molar-refractivity contribution in [2.45, 2.75) is 46.6 Å². The molecule has 2 rings (SSSR count). The van der Waals surface area contributed by atoms with Crippen molar-refractivity contribution in [3.05, 3.63) is 28.8 Å². The maximum absolute atomic E-state index is 6.40. The molecular weight excluding hydrogens is 280 g/mol. The van der Waals surface area contributed by atoms with E-state index in [1.807, 2.05) is 7.05 Å². The van der Waals surface area contributed by atoms with Crippen molar-refractivity contribution in [2.24, 2.45) is 11.3 Å². The Morgan fingerprint density at radius 2 is 2.00 bits per heavy atom. The van der Waals surface area contributed by atoms with E-state index in [0.29, 0.717) is 5.41 Å². The fourth-order valence-corrected chi connectivity index (χ4v) is 3.53. The smallest absolute Gasteiger partial charge is 0.0471 e. The maximum atomic E-state index is 6.40. The minimum absolute atomic E-state index is 0.421. The molecule has 3 heteroatoms. The molecule has 0 radical (unpaired) electrons. The zero-order valence-electron chi connectivity index (χ0n) is 13.9. The van der Waals surface area contributed by atoms with Gasteiger partial charge in [-0.05, 0) is 55.3 Å². The second-order valence-electron chi connectivity index (χ2n) is 7.29. The lowest BCUT2D eigenvalue weighted by Gasteiger charge is -2.30. The highest BCUT2D eigenvalue weighted by Gasteiger charge is 2.27. The molecule has 1 aromatic rings. The monoisotopic (exact) mass is 308 g/mol. The highest BCUT2D eigenvalue weighted by Crippen LogP contribution is 2.35. The van der Waals surface area contributed by atoms with Gasteiger partial charge in [-0.3, -0.25) is 0 Å². The predicted octanol–water partition coefficient (Wildman–Crippen LogP) is 4.71. The minimum atomic E-state index is 0.421. The van der Waals surface area contributed by atoms with E-state index >= 15 is 0 Å². The van der Waals surface area contributed by atoms with E-state index in [1.54, 1.807) is 0 Å². The van der Waals surface area contributed by atoms with Crippen LogP contribution in [0.4, 0.5) is 5.69 Å². The van der Waals surface area contributed by atoms with E-state index in [9.17, 15) is 0 Å². The molecule has 1 heterocycles. The van der Waals surface area contributed by atoms with Gasteiger partial charge in [0.05, 0.1) is 0 Å². The molecule has 2 nitrogen and oxygen atoms in total. The molecule has 1 aliphatic rings. The molecule has 0 aliphatic carbocycles. The fraction of sp³-hybridized carbons (Fsp3) is 0.667. The van der Waals surface area contributed by atoms with Crippen LogP contribution in [0.5, 0.6) is 0 Å². The van der Waals surface area contributed by atoms with Gasteiger partial charge in [-0.25, -0.2) is 0 Å². The quantitative estimate of drug-likeness (QED) is 0.869. The maximum Gasteiger partial charge on any atom is 0.0471 e. The Hall–Kier alpha value is -0.730. The normalized spacial score (nSPS) is 20.4. The van der Waals surface area contributed by atoms with Crippen LogP contribution in [0.1, 0.15) is 45.6 Å². The summed E-state index contributed by atoms with van der Waals surface area (Å²) < 4.78 is 0. The van der Waals surface area contributed by atoms with Gasteiger partial charge in [0.15, 0.2) is 0 Å². The van der Waals surface area contributed by atoms with Gasteiger partial charge in [0.1, 0.15) is 0 Å². The van der Waals surface area contributed by atoms with Crippen molar-refractivity contribution < 1.29 is 0 Å². The van der Waals surface area contributed by atoms with Gasteiger partial charge in [-0.15, -0.1) is 0 Å². The lowest BCUT2D eigenvalue weighted by Crippen LogP contribution is -2.26. The Labute approximate surface area is 134 Å². The average Bonchev–Trinajstić information content (AvgIpc) is 2.66. The highest BCUT2D eigenvalue weighted by atomic mass is 35.5. The predicted molar refractivity (Wildman–Crippen MR) is 93.2 cm³/mol. The topological polar surface area (TPSA) is 15.3 Å². The lowest BCUT2D eigenvalue weighted by atomic mass is 9.77. The van der Waals surface area contributed by atoms with Crippen LogP contribution in [-0.2, 0) is 6.54 Å². The fourth-order valence-electron chi connectivity index (χ4n) is 3.29. The third-order valence-corrected chi connectivity index (χ3v) is 5.07. The molecule has 118 valence electrons. The molecule has 0 amide bonds. The van der Waals surface area contributed by atoms with E-state index in [1.165, 1.54) is 30.5 Å². The third-order valence-electron chi connectivity index (χ3n) is 4.72. The summed E-state index contributed by atoms with van der Waals surface area (Å²) in [7, 11) is 1.95. The van der Waals surface area contributed by atoms with Crippen LogP contribution < -0.4 is 10.2 Å². The molecule has 1 saturated heterocycles. The summed E-state index contributed by atoms with van der Waals surface area (Å²) in [6.07, 6.45) is 3.89. The Bertz CT molecular complexity index is 465. The van der Waals surface area contributed by atoms with Crippen molar-refractivity contribution in [1.82, 2.24) is 5.32 Å².